The first-order chi connectivity index (χ1) is 10.0. The third-order valence-corrected chi connectivity index (χ3v) is 3.39. The Morgan fingerprint density at radius 3 is 2.14 bits per heavy atom. The van der Waals surface area contributed by atoms with Gasteiger partial charge in [0.2, 0.25) is 0 Å². The fourth-order valence-corrected chi connectivity index (χ4v) is 2.09. The van der Waals surface area contributed by atoms with Crippen LogP contribution in [0.4, 0.5) is 4.79 Å². The maximum absolute atomic E-state index is 12.3. The average Bonchev–Trinajstić information content (AvgIpc) is 2.47. The Bertz CT molecular complexity index is 308. The van der Waals surface area contributed by atoms with Gasteiger partial charge >= 0.3 is 12.0 Å². The van der Waals surface area contributed by atoms with E-state index in [0.29, 0.717) is 13.2 Å². The van der Waals surface area contributed by atoms with Crippen LogP contribution in [-0.2, 0) is 14.3 Å². The van der Waals surface area contributed by atoms with E-state index in [-0.39, 0.29) is 25.1 Å². The molecule has 0 radical (unpaired) electrons. The molecule has 2 N–H and O–H groups in total. The molecule has 0 aromatic carbocycles. The molecular weight excluding hydrogens is 276 g/mol. The standard InChI is InChI=1S/C14H28N2O5/c1-5-11(6-2)16(8-10-21-4)14(19)15-12(13(17)18)7-9-20-3/h11-12H,5-10H2,1-4H3,(H,15,19)(H,17,18). The van der Waals surface area contributed by atoms with Gasteiger partial charge in [-0.2, -0.15) is 0 Å². The largest absolute Gasteiger partial charge is 0.480 e. The molecule has 0 aromatic heterocycles. The zero-order valence-corrected chi connectivity index (χ0v) is 13.4. The molecule has 0 spiro atoms. The summed E-state index contributed by atoms with van der Waals surface area (Å²) >= 11 is 0. The third-order valence-electron chi connectivity index (χ3n) is 3.39. The molecule has 0 aliphatic rings. The lowest BCUT2D eigenvalue weighted by Crippen LogP contribution is -2.52. The Morgan fingerprint density at radius 1 is 1.14 bits per heavy atom. The van der Waals surface area contributed by atoms with Gasteiger partial charge in [-0.25, -0.2) is 9.59 Å². The monoisotopic (exact) mass is 304 g/mol. The highest BCUT2D eigenvalue weighted by atomic mass is 16.5. The lowest BCUT2D eigenvalue weighted by Gasteiger charge is -2.31. The van der Waals surface area contributed by atoms with Gasteiger partial charge in [-0.05, 0) is 12.8 Å². The van der Waals surface area contributed by atoms with Crippen molar-refractivity contribution < 1.29 is 24.2 Å². The zero-order chi connectivity index (χ0) is 16.3. The van der Waals surface area contributed by atoms with E-state index in [9.17, 15) is 9.59 Å². The minimum atomic E-state index is -1.06. The molecule has 2 amide bonds. The van der Waals surface area contributed by atoms with Crippen molar-refractivity contribution in [1.82, 2.24) is 10.2 Å². The maximum Gasteiger partial charge on any atom is 0.326 e. The van der Waals surface area contributed by atoms with E-state index in [1.54, 1.807) is 12.0 Å². The fraction of sp³-hybridized carbons (Fsp3) is 0.857. The quantitative estimate of drug-likeness (QED) is 0.601. The molecule has 0 aliphatic carbocycles. The summed E-state index contributed by atoms with van der Waals surface area (Å²) in [5.74, 6) is -1.06. The number of carboxylic acid groups (broad SMARTS) is 1. The second kappa shape index (κ2) is 11.3. The van der Waals surface area contributed by atoms with E-state index in [1.165, 1.54) is 7.11 Å². The summed E-state index contributed by atoms with van der Waals surface area (Å²) in [7, 11) is 3.07. The molecule has 124 valence electrons. The van der Waals surface area contributed by atoms with Crippen LogP contribution in [0.3, 0.4) is 0 Å². The van der Waals surface area contributed by atoms with Gasteiger partial charge in [0.1, 0.15) is 6.04 Å². The fourth-order valence-electron chi connectivity index (χ4n) is 2.09. The van der Waals surface area contributed by atoms with E-state index in [2.05, 4.69) is 5.32 Å². The summed E-state index contributed by atoms with van der Waals surface area (Å²) in [6, 6.07) is -1.25. The van der Waals surface area contributed by atoms with E-state index in [1.807, 2.05) is 13.8 Å². The van der Waals surface area contributed by atoms with E-state index < -0.39 is 12.0 Å². The molecule has 1 unspecified atom stereocenters. The molecule has 0 saturated carbocycles. The van der Waals surface area contributed by atoms with Gasteiger partial charge in [0.05, 0.1) is 6.61 Å². The summed E-state index contributed by atoms with van der Waals surface area (Å²) in [6.45, 7) is 5.13. The van der Waals surface area contributed by atoms with Crippen LogP contribution >= 0.6 is 0 Å². The molecule has 0 rings (SSSR count). The van der Waals surface area contributed by atoms with Crippen molar-refractivity contribution in [2.24, 2.45) is 0 Å². The predicted molar refractivity (Wildman–Crippen MR) is 79.4 cm³/mol. The lowest BCUT2D eigenvalue weighted by atomic mass is 10.1. The summed E-state index contributed by atoms with van der Waals surface area (Å²) < 4.78 is 9.89. The van der Waals surface area contributed by atoms with Gasteiger partial charge in [0.25, 0.3) is 0 Å². The molecule has 21 heavy (non-hydrogen) atoms. The predicted octanol–water partition coefficient (Wildman–Crippen LogP) is 1.32. The first-order valence-electron chi connectivity index (χ1n) is 7.29. The van der Waals surface area contributed by atoms with Crippen LogP contribution in [0.1, 0.15) is 33.1 Å². The smallest absolute Gasteiger partial charge is 0.326 e. The molecule has 1 atom stereocenters. The van der Waals surface area contributed by atoms with Gasteiger partial charge in [-0.3, -0.25) is 0 Å². The highest BCUT2D eigenvalue weighted by molar-refractivity contribution is 5.82. The SMILES string of the molecule is CCC(CC)N(CCOC)C(=O)NC(CCOC)C(=O)O. The van der Waals surface area contributed by atoms with Gasteiger partial charge in [0.15, 0.2) is 0 Å². The van der Waals surface area contributed by atoms with Gasteiger partial charge in [0, 0.05) is 39.8 Å². The number of nitrogens with zero attached hydrogens (tertiary/aromatic N) is 1. The Balaban J connectivity index is 4.78. The number of carbonyl (C=O) groups excluding carboxylic acids is 1. The highest BCUT2D eigenvalue weighted by Crippen LogP contribution is 2.09. The van der Waals surface area contributed by atoms with Crippen LogP contribution in [-0.4, -0.2) is 68.1 Å². The highest BCUT2D eigenvalue weighted by Gasteiger charge is 2.26. The number of urea groups is 1. The van der Waals surface area contributed by atoms with Crippen LogP contribution in [0, 0.1) is 0 Å². The van der Waals surface area contributed by atoms with Gasteiger partial charge < -0.3 is 24.8 Å². The number of ether oxygens (including phenoxy) is 2. The number of aliphatic carboxylic acids is 1. The number of carbonyl (C=O) groups is 2. The van der Waals surface area contributed by atoms with Crippen LogP contribution < -0.4 is 5.32 Å². The molecule has 0 aromatic rings. The van der Waals surface area contributed by atoms with Crippen molar-refractivity contribution in [3.8, 4) is 0 Å². The van der Waals surface area contributed by atoms with Crippen LogP contribution in [0.2, 0.25) is 0 Å². The van der Waals surface area contributed by atoms with Crippen LogP contribution in [0.25, 0.3) is 0 Å². The van der Waals surface area contributed by atoms with E-state index in [4.69, 9.17) is 14.6 Å². The Labute approximate surface area is 126 Å². The molecule has 0 bridgehead atoms. The summed E-state index contributed by atoms with van der Waals surface area (Å²) in [4.78, 5) is 25.2. The van der Waals surface area contributed by atoms with Crippen molar-refractivity contribution in [2.75, 3.05) is 34.0 Å². The molecule has 0 aliphatic heterocycles. The van der Waals surface area contributed by atoms with E-state index in [0.717, 1.165) is 12.8 Å². The minimum absolute atomic E-state index is 0.0667. The van der Waals surface area contributed by atoms with Crippen molar-refractivity contribution in [1.29, 1.82) is 0 Å². The zero-order valence-electron chi connectivity index (χ0n) is 13.4. The molecule has 0 saturated heterocycles. The number of hydrogen-bond donors (Lipinski definition) is 2. The lowest BCUT2D eigenvalue weighted by molar-refractivity contribution is -0.139. The van der Waals surface area contributed by atoms with Gasteiger partial charge in [-0.15, -0.1) is 0 Å². The van der Waals surface area contributed by atoms with Crippen LogP contribution in [0.15, 0.2) is 0 Å². The second-order valence-corrected chi connectivity index (χ2v) is 4.78. The Hall–Kier alpha value is -1.34. The topological polar surface area (TPSA) is 88.1 Å². The van der Waals surface area contributed by atoms with Crippen LogP contribution in [0.5, 0.6) is 0 Å². The molecule has 0 heterocycles. The third kappa shape index (κ3) is 7.29. The van der Waals surface area contributed by atoms with Crippen molar-refractivity contribution in [2.45, 2.75) is 45.2 Å². The number of rotatable bonds is 11. The Kier molecular flexibility index (Phi) is 10.6. The number of carboxylic acids is 1. The number of amides is 2. The van der Waals surface area contributed by atoms with Gasteiger partial charge in [-0.1, -0.05) is 13.8 Å². The van der Waals surface area contributed by atoms with Crippen molar-refractivity contribution >= 4 is 12.0 Å². The van der Waals surface area contributed by atoms with E-state index >= 15 is 0 Å². The first kappa shape index (κ1) is 19.7. The number of nitrogens with one attached hydrogen (secondary N) is 1. The average molecular weight is 304 g/mol. The molecule has 7 heteroatoms. The normalized spacial score (nSPS) is 12.2. The second-order valence-electron chi connectivity index (χ2n) is 4.78. The maximum atomic E-state index is 12.3. The Morgan fingerprint density at radius 2 is 1.71 bits per heavy atom. The summed E-state index contributed by atoms with van der Waals surface area (Å²) in [5, 5.41) is 11.7. The molecular formula is C14H28N2O5. The molecule has 0 fully saturated rings. The molecule has 7 nitrogen and oxygen atoms in total. The number of methoxy groups -OCH3 is 2. The summed E-state index contributed by atoms with van der Waals surface area (Å²) in [6.07, 6.45) is 1.85. The number of hydrogen-bond acceptors (Lipinski definition) is 4. The van der Waals surface area contributed by atoms with Crippen molar-refractivity contribution in [3.63, 3.8) is 0 Å². The first-order valence-corrected chi connectivity index (χ1v) is 7.29. The minimum Gasteiger partial charge on any atom is -0.480 e. The van der Waals surface area contributed by atoms with Crippen molar-refractivity contribution in [3.05, 3.63) is 0 Å². The summed E-state index contributed by atoms with van der Waals surface area (Å²) in [5.41, 5.74) is 0.